The maximum absolute atomic E-state index is 11.2. The van der Waals surface area contributed by atoms with Crippen LogP contribution in [0.25, 0.3) is 0 Å². The van der Waals surface area contributed by atoms with Gasteiger partial charge in [-0.1, -0.05) is 6.08 Å². The molecule has 0 atom stereocenters. The van der Waals surface area contributed by atoms with E-state index < -0.39 is 0 Å². The quantitative estimate of drug-likeness (QED) is 0.678. The molecule has 0 aromatic carbocycles. The van der Waals surface area contributed by atoms with Gasteiger partial charge >= 0.3 is 0 Å². The fourth-order valence-corrected chi connectivity index (χ4v) is 2.22. The number of likely N-dealkylation sites (tertiary alicyclic amines) is 1. The third-order valence-electron chi connectivity index (χ3n) is 3.18. The average Bonchev–Trinajstić information content (AvgIpc) is 2.19. The van der Waals surface area contributed by atoms with Crippen LogP contribution in [-0.2, 0) is 4.79 Å². The summed E-state index contributed by atoms with van der Waals surface area (Å²) < 4.78 is 0. The summed E-state index contributed by atoms with van der Waals surface area (Å²) in [6.07, 6.45) is 6.16. The summed E-state index contributed by atoms with van der Waals surface area (Å²) in [6, 6.07) is 0. The molecule has 2 aliphatic rings. The zero-order valence-electron chi connectivity index (χ0n) is 8.75. The van der Waals surface area contributed by atoms with Gasteiger partial charge < -0.3 is 10.2 Å². The fourth-order valence-electron chi connectivity index (χ4n) is 2.22. The molecule has 2 rings (SSSR count). The first-order valence-electron chi connectivity index (χ1n) is 5.44. The lowest BCUT2D eigenvalue weighted by molar-refractivity contribution is -0.120. The summed E-state index contributed by atoms with van der Waals surface area (Å²) in [5, 5.41) is 3.00. The van der Waals surface area contributed by atoms with Crippen molar-refractivity contribution in [1.29, 1.82) is 0 Å². The Balaban J connectivity index is 1.94. The smallest absolute Gasteiger partial charge is 0.224 e. The van der Waals surface area contributed by atoms with Crippen molar-refractivity contribution in [3.05, 3.63) is 11.8 Å². The van der Waals surface area contributed by atoms with Crippen LogP contribution in [0.3, 0.4) is 0 Å². The molecule has 14 heavy (non-hydrogen) atoms. The number of carbonyl (C=O) groups is 1. The number of allylic oxidation sites excluding steroid dienone is 2. The molecule has 0 aromatic heterocycles. The van der Waals surface area contributed by atoms with E-state index in [1.54, 1.807) is 0 Å². The zero-order chi connectivity index (χ0) is 9.97. The summed E-state index contributed by atoms with van der Waals surface area (Å²) in [4.78, 5) is 13.6. The summed E-state index contributed by atoms with van der Waals surface area (Å²) in [7, 11) is 2.16. The van der Waals surface area contributed by atoms with Crippen molar-refractivity contribution in [2.45, 2.75) is 25.7 Å². The van der Waals surface area contributed by atoms with Crippen LogP contribution in [-0.4, -0.2) is 30.9 Å². The van der Waals surface area contributed by atoms with Crippen molar-refractivity contribution in [3.63, 3.8) is 0 Å². The van der Waals surface area contributed by atoms with Gasteiger partial charge in [-0.25, -0.2) is 0 Å². The van der Waals surface area contributed by atoms with Crippen LogP contribution < -0.4 is 5.32 Å². The van der Waals surface area contributed by atoms with Crippen LogP contribution in [0.2, 0.25) is 0 Å². The predicted molar refractivity (Wildman–Crippen MR) is 55.7 cm³/mol. The van der Waals surface area contributed by atoms with Crippen LogP contribution in [0.5, 0.6) is 0 Å². The highest BCUT2D eigenvalue weighted by Gasteiger charge is 2.22. The molecule has 0 aromatic rings. The lowest BCUT2D eigenvalue weighted by Crippen LogP contribution is -2.36. The number of rotatable bonds is 1. The molecule has 2 aliphatic heterocycles. The van der Waals surface area contributed by atoms with Gasteiger partial charge in [0.25, 0.3) is 0 Å². The molecule has 0 bridgehead atoms. The molecule has 2 heterocycles. The number of hydrogen-bond donors (Lipinski definition) is 1. The van der Waals surface area contributed by atoms with Gasteiger partial charge in [-0.2, -0.15) is 0 Å². The van der Waals surface area contributed by atoms with E-state index in [1.807, 2.05) is 0 Å². The maximum Gasteiger partial charge on any atom is 0.224 e. The topological polar surface area (TPSA) is 32.3 Å². The second kappa shape index (κ2) is 4.13. The Kier molecular flexibility index (Phi) is 2.87. The number of carbonyl (C=O) groups excluding carboxylic acids is 1. The summed E-state index contributed by atoms with van der Waals surface area (Å²) in [5.74, 6) is 0.789. The SMILES string of the molecule is CN1CCC(C2=CCCC(=O)N2)CC1. The van der Waals surface area contributed by atoms with Gasteiger partial charge in [0.1, 0.15) is 0 Å². The van der Waals surface area contributed by atoms with Crippen LogP contribution in [0.15, 0.2) is 11.8 Å². The monoisotopic (exact) mass is 194 g/mol. The van der Waals surface area contributed by atoms with Gasteiger partial charge in [-0.05, 0) is 39.4 Å². The largest absolute Gasteiger partial charge is 0.330 e. The normalized spacial score (nSPS) is 25.8. The van der Waals surface area contributed by atoms with Crippen LogP contribution in [0.4, 0.5) is 0 Å². The molecule has 0 spiro atoms. The standard InChI is InChI=1S/C11H18N2O/c1-13-7-5-9(6-8-13)10-3-2-4-11(14)12-10/h3,9H,2,4-8H2,1H3,(H,12,14). The number of piperidine rings is 1. The van der Waals surface area contributed by atoms with Crippen molar-refractivity contribution < 1.29 is 4.79 Å². The Morgan fingerprint density at radius 3 is 2.79 bits per heavy atom. The minimum Gasteiger partial charge on any atom is -0.330 e. The van der Waals surface area contributed by atoms with Crippen LogP contribution >= 0.6 is 0 Å². The summed E-state index contributed by atoms with van der Waals surface area (Å²) >= 11 is 0. The van der Waals surface area contributed by atoms with Gasteiger partial charge in [0.15, 0.2) is 0 Å². The first kappa shape index (κ1) is 9.71. The molecule has 1 fully saturated rings. The predicted octanol–water partition coefficient (Wildman–Crippen LogP) is 1.12. The summed E-state index contributed by atoms with van der Waals surface area (Å²) in [6.45, 7) is 2.30. The number of hydrogen-bond acceptors (Lipinski definition) is 2. The van der Waals surface area contributed by atoms with Crippen molar-refractivity contribution in [3.8, 4) is 0 Å². The van der Waals surface area contributed by atoms with Gasteiger partial charge in [-0.3, -0.25) is 4.79 Å². The van der Waals surface area contributed by atoms with Gasteiger partial charge in [0.05, 0.1) is 0 Å². The van der Waals surface area contributed by atoms with Crippen molar-refractivity contribution in [2.75, 3.05) is 20.1 Å². The first-order chi connectivity index (χ1) is 6.75. The lowest BCUT2D eigenvalue weighted by atomic mass is 9.91. The lowest BCUT2D eigenvalue weighted by Gasteiger charge is -2.31. The van der Waals surface area contributed by atoms with E-state index in [4.69, 9.17) is 0 Å². The van der Waals surface area contributed by atoms with E-state index in [-0.39, 0.29) is 5.91 Å². The van der Waals surface area contributed by atoms with Crippen molar-refractivity contribution in [2.24, 2.45) is 5.92 Å². The Labute approximate surface area is 85.2 Å². The molecule has 78 valence electrons. The van der Waals surface area contributed by atoms with E-state index in [9.17, 15) is 4.79 Å². The first-order valence-corrected chi connectivity index (χ1v) is 5.44. The Morgan fingerprint density at radius 1 is 1.43 bits per heavy atom. The van der Waals surface area contributed by atoms with E-state index in [0.717, 1.165) is 19.5 Å². The third kappa shape index (κ3) is 2.15. The van der Waals surface area contributed by atoms with E-state index >= 15 is 0 Å². The van der Waals surface area contributed by atoms with Crippen LogP contribution in [0.1, 0.15) is 25.7 Å². The summed E-state index contributed by atoms with van der Waals surface area (Å²) in [5.41, 5.74) is 1.19. The van der Waals surface area contributed by atoms with E-state index in [2.05, 4.69) is 23.3 Å². The Morgan fingerprint density at radius 2 is 2.14 bits per heavy atom. The highest BCUT2D eigenvalue weighted by molar-refractivity contribution is 5.79. The minimum absolute atomic E-state index is 0.196. The molecule has 0 radical (unpaired) electrons. The molecule has 0 unspecified atom stereocenters. The molecule has 1 saturated heterocycles. The van der Waals surface area contributed by atoms with Crippen molar-refractivity contribution >= 4 is 5.91 Å². The van der Waals surface area contributed by atoms with Crippen LogP contribution in [0, 0.1) is 5.92 Å². The highest BCUT2D eigenvalue weighted by atomic mass is 16.1. The van der Waals surface area contributed by atoms with Gasteiger partial charge in [-0.15, -0.1) is 0 Å². The van der Waals surface area contributed by atoms with Gasteiger partial charge in [0, 0.05) is 18.0 Å². The second-order valence-electron chi connectivity index (χ2n) is 4.32. The number of nitrogens with one attached hydrogen (secondary N) is 1. The molecule has 3 heteroatoms. The molecular weight excluding hydrogens is 176 g/mol. The average molecular weight is 194 g/mol. The molecular formula is C11H18N2O. The minimum atomic E-state index is 0.196. The van der Waals surface area contributed by atoms with E-state index in [0.29, 0.717) is 12.3 Å². The molecule has 1 N–H and O–H groups in total. The molecule has 3 nitrogen and oxygen atoms in total. The maximum atomic E-state index is 11.2. The Hall–Kier alpha value is -0.830. The zero-order valence-corrected chi connectivity index (χ0v) is 8.75. The molecule has 0 aliphatic carbocycles. The fraction of sp³-hybridized carbons (Fsp3) is 0.727. The third-order valence-corrected chi connectivity index (χ3v) is 3.18. The number of amides is 1. The van der Waals surface area contributed by atoms with E-state index in [1.165, 1.54) is 18.5 Å². The number of nitrogens with zero attached hydrogens (tertiary/aromatic N) is 1. The highest BCUT2D eigenvalue weighted by Crippen LogP contribution is 2.24. The van der Waals surface area contributed by atoms with Crippen molar-refractivity contribution in [1.82, 2.24) is 10.2 Å². The second-order valence-corrected chi connectivity index (χ2v) is 4.32. The van der Waals surface area contributed by atoms with Gasteiger partial charge in [0.2, 0.25) is 5.91 Å². The molecule has 1 amide bonds. The molecule has 0 saturated carbocycles. The Bertz CT molecular complexity index is 252.